The maximum absolute atomic E-state index is 13.1. The van der Waals surface area contributed by atoms with E-state index in [4.69, 9.17) is 4.74 Å². The first kappa shape index (κ1) is 13.0. The van der Waals surface area contributed by atoms with Gasteiger partial charge in [0.05, 0.1) is 0 Å². The van der Waals surface area contributed by atoms with Crippen molar-refractivity contribution in [2.75, 3.05) is 0 Å². The van der Waals surface area contributed by atoms with Gasteiger partial charge in [-0.15, -0.1) is 0 Å². The molecule has 2 nitrogen and oxygen atoms in total. The summed E-state index contributed by atoms with van der Waals surface area (Å²) in [5.74, 6) is 0.434. The van der Waals surface area contributed by atoms with E-state index < -0.39 is 0 Å². The topological polar surface area (TPSA) is 22.1 Å². The summed E-state index contributed by atoms with van der Waals surface area (Å²) in [6.45, 7) is 2.42. The summed E-state index contributed by atoms with van der Waals surface area (Å²) >= 11 is 3.32. The fraction of sp³-hybridized carbons (Fsp3) is 0.214. The lowest BCUT2D eigenvalue weighted by atomic mass is 10.2. The van der Waals surface area contributed by atoms with Gasteiger partial charge in [0.1, 0.15) is 18.2 Å². The third-order valence-electron chi connectivity index (χ3n) is 2.49. The first-order valence-electron chi connectivity index (χ1n) is 5.57. The minimum atomic E-state index is -0.256. The van der Waals surface area contributed by atoms with E-state index in [-0.39, 0.29) is 5.82 Å². The molecule has 0 aliphatic carbocycles. The zero-order chi connectivity index (χ0) is 13.0. The Kier molecular flexibility index (Phi) is 4.31. The molecule has 0 spiro atoms. The van der Waals surface area contributed by atoms with E-state index in [0.717, 1.165) is 16.7 Å². The van der Waals surface area contributed by atoms with E-state index in [0.29, 0.717) is 17.7 Å². The Morgan fingerprint density at radius 2 is 2.11 bits per heavy atom. The van der Waals surface area contributed by atoms with Crippen LogP contribution in [0.1, 0.15) is 16.7 Å². The minimum absolute atomic E-state index is 0.256. The molecule has 94 valence electrons. The van der Waals surface area contributed by atoms with Gasteiger partial charge < -0.3 is 4.74 Å². The third-order valence-corrected chi connectivity index (χ3v) is 3.10. The summed E-state index contributed by atoms with van der Waals surface area (Å²) < 4.78 is 18.8. The number of nitrogens with zero attached hydrogens (tertiary/aromatic N) is 1. The SMILES string of the molecule is Cc1cncc(COc2ccc(F)cc2CBr)c1. The van der Waals surface area contributed by atoms with Crippen LogP contribution in [-0.4, -0.2) is 4.98 Å². The number of aromatic nitrogens is 1. The van der Waals surface area contributed by atoms with Crippen molar-refractivity contribution in [3.8, 4) is 5.75 Å². The Balaban J connectivity index is 2.10. The molecule has 1 aromatic heterocycles. The van der Waals surface area contributed by atoms with E-state index in [1.807, 2.05) is 13.0 Å². The highest BCUT2D eigenvalue weighted by atomic mass is 79.9. The van der Waals surface area contributed by atoms with Crippen molar-refractivity contribution < 1.29 is 9.13 Å². The lowest BCUT2D eigenvalue weighted by molar-refractivity contribution is 0.303. The molecule has 0 saturated carbocycles. The largest absolute Gasteiger partial charge is 0.489 e. The van der Waals surface area contributed by atoms with Crippen molar-refractivity contribution in [1.82, 2.24) is 4.98 Å². The van der Waals surface area contributed by atoms with Crippen LogP contribution in [0.3, 0.4) is 0 Å². The Morgan fingerprint density at radius 3 is 2.83 bits per heavy atom. The van der Waals surface area contributed by atoms with Crippen LogP contribution in [0.5, 0.6) is 5.75 Å². The molecular formula is C14H13BrFNO. The number of alkyl halides is 1. The third kappa shape index (κ3) is 3.29. The summed E-state index contributed by atoms with van der Waals surface area (Å²) in [5, 5.41) is 0.562. The van der Waals surface area contributed by atoms with E-state index >= 15 is 0 Å². The van der Waals surface area contributed by atoms with Crippen molar-refractivity contribution in [3.05, 3.63) is 59.2 Å². The molecule has 2 rings (SSSR count). The average Bonchev–Trinajstić information content (AvgIpc) is 2.37. The number of rotatable bonds is 4. The second-order valence-corrected chi connectivity index (χ2v) is 4.61. The summed E-state index contributed by atoms with van der Waals surface area (Å²) in [7, 11) is 0. The Hall–Kier alpha value is -1.42. The molecule has 0 N–H and O–H groups in total. The van der Waals surface area contributed by atoms with Gasteiger partial charge in [0.25, 0.3) is 0 Å². The van der Waals surface area contributed by atoms with Crippen LogP contribution in [-0.2, 0) is 11.9 Å². The quantitative estimate of drug-likeness (QED) is 0.796. The molecule has 4 heteroatoms. The average molecular weight is 310 g/mol. The molecule has 0 amide bonds. The molecule has 1 heterocycles. The van der Waals surface area contributed by atoms with Gasteiger partial charge >= 0.3 is 0 Å². The van der Waals surface area contributed by atoms with Crippen LogP contribution in [0.4, 0.5) is 4.39 Å². The van der Waals surface area contributed by atoms with Crippen molar-refractivity contribution >= 4 is 15.9 Å². The Morgan fingerprint density at radius 1 is 1.28 bits per heavy atom. The number of halogens is 2. The highest BCUT2D eigenvalue weighted by Gasteiger charge is 2.05. The van der Waals surface area contributed by atoms with Crippen molar-refractivity contribution in [3.63, 3.8) is 0 Å². The summed E-state index contributed by atoms with van der Waals surface area (Å²) in [6.07, 6.45) is 3.57. The molecule has 1 aromatic carbocycles. The standard InChI is InChI=1S/C14H13BrFNO/c1-10-4-11(8-17-7-10)9-18-14-3-2-13(16)5-12(14)6-15/h2-5,7-8H,6,9H2,1H3. The molecule has 0 atom stereocenters. The van der Waals surface area contributed by atoms with Crippen LogP contribution in [0, 0.1) is 12.7 Å². The fourth-order valence-electron chi connectivity index (χ4n) is 1.65. The Bertz CT molecular complexity index is 545. The molecule has 0 aliphatic heterocycles. The van der Waals surface area contributed by atoms with E-state index in [2.05, 4.69) is 20.9 Å². The predicted molar refractivity (Wildman–Crippen MR) is 72.3 cm³/mol. The molecule has 0 saturated heterocycles. The van der Waals surface area contributed by atoms with Gasteiger partial charge in [-0.25, -0.2) is 4.39 Å². The highest BCUT2D eigenvalue weighted by Crippen LogP contribution is 2.23. The fourth-order valence-corrected chi connectivity index (χ4v) is 2.09. The highest BCUT2D eigenvalue weighted by molar-refractivity contribution is 9.08. The van der Waals surface area contributed by atoms with Crippen molar-refractivity contribution in [2.24, 2.45) is 0 Å². The lowest BCUT2D eigenvalue weighted by Crippen LogP contribution is -1.99. The molecule has 0 bridgehead atoms. The van der Waals surface area contributed by atoms with Crippen LogP contribution in [0.25, 0.3) is 0 Å². The summed E-state index contributed by atoms with van der Waals surface area (Å²) in [5.41, 5.74) is 2.89. The Labute approximate surface area is 114 Å². The van der Waals surface area contributed by atoms with Crippen LogP contribution in [0.15, 0.2) is 36.7 Å². The molecule has 2 aromatic rings. The first-order chi connectivity index (χ1) is 8.69. The molecule has 0 aliphatic rings. The van der Waals surface area contributed by atoms with Crippen LogP contribution in [0.2, 0.25) is 0 Å². The summed E-state index contributed by atoms with van der Waals surface area (Å²) in [6, 6.07) is 6.54. The number of aryl methyl sites for hydroxylation is 1. The molecular weight excluding hydrogens is 297 g/mol. The number of pyridine rings is 1. The first-order valence-corrected chi connectivity index (χ1v) is 6.69. The number of benzene rings is 1. The van der Waals surface area contributed by atoms with E-state index in [1.54, 1.807) is 18.5 Å². The number of hydrogen-bond acceptors (Lipinski definition) is 2. The summed E-state index contributed by atoms with van der Waals surface area (Å²) in [4.78, 5) is 4.10. The van der Waals surface area contributed by atoms with Crippen LogP contribution >= 0.6 is 15.9 Å². The van der Waals surface area contributed by atoms with E-state index in [1.165, 1.54) is 12.1 Å². The molecule has 0 fully saturated rings. The van der Waals surface area contributed by atoms with Gasteiger partial charge in [-0.2, -0.15) is 0 Å². The molecule has 0 radical (unpaired) electrons. The predicted octanol–water partition coefficient (Wildman–Crippen LogP) is 4.00. The van der Waals surface area contributed by atoms with Crippen molar-refractivity contribution in [2.45, 2.75) is 18.9 Å². The maximum Gasteiger partial charge on any atom is 0.124 e. The van der Waals surface area contributed by atoms with Gasteiger partial charge in [0.15, 0.2) is 0 Å². The van der Waals surface area contributed by atoms with Gasteiger partial charge in [0.2, 0.25) is 0 Å². The molecule has 18 heavy (non-hydrogen) atoms. The van der Waals surface area contributed by atoms with Crippen molar-refractivity contribution in [1.29, 1.82) is 0 Å². The van der Waals surface area contributed by atoms with Gasteiger partial charge in [0, 0.05) is 28.9 Å². The second kappa shape index (κ2) is 5.96. The van der Waals surface area contributed by atoms with Crippen LogP contribution < -0.4 is 4.74 Å². The molecule has 0 unspecified atom stereocenters. The number of hydrogen-bond donors (Lipinski definition) is 0. The van der Waals surface area contributed by atoms with Gasteiger partial charge in [-0.1, -0.05) is 15.9 Å². The monoisotopic (exact) mass is 309 g/mol. The zero-order valence-electron chi connectivity index (χ0n) is 9.99. The minimum Gasteiger partial charge on any atom is -0.489 e. The van der Waals surface area contributed by atoms with Gasteiger partial charge in [-0.3, -0.25) is 4.98 Å². The van der Waals surface area contributed by atoms with E-state index in [9.17, 15) is 4.39 Å². The lowest BCUT2D eigenvalue weighted by Gasteiger charge is -2.10. The zero-order valence-corrected chi connectivity index (χ0v) is 11.6. The smallest absolute Gasteiger partial charge is 0.124 e. The second-order valence-electron chi connectivity index (χ2n) is 4.04. The van der Waals surface area contributed by atoms with Gasteiger partial charge in [-0.05, 0) is 36.8 Å². The number of ether oxygens (including phenoxy) is 1. The maximum atomic E-state index is 13.1. The normalized spacial score (nSPS) is 10.4.